The molecule has 0 amide bonds. The molecule has 0 atom stereocenters. The van der Waals surface area contributed by atoms with Crippen molar-refractivity contribution in [1.29, 1.82) is 5.26 Å². The summed E-state index contributed by atoms with van der Waals surface area (Å²) in [6.45, 7) is 4.22. The SMILES string of the molecule is Cc1cc(C)cc(CSc2cc(Br)ccc2C#N)c1. The number of hydrogen-bond acceptors (Lipinski definition) is 2. The smallest absolute Gasteiger partial charge is 0.100 e. The molecule has 0 saturated heterocycles. The number of nitriles is 1. The monoisotopic (exact) mass is 331 g/mol. The summed E-state index contributed by atoms with van der Waals surface area (Å²) >= 11 is 5.16. The van der Waals surface area contributed by atoms with Crippen LogP contribution in [0.4, 0.5) is 0 Å². The van der Waals surface area contributed by atoms with E-state index in [0.29, 0.717) is 0 Å². The molecule has 0 N–H and O–H groups in total. The zero-order valence-corrected chi connectivity index (χ0v) is 13.3. The van der Waals surface area contributed by atoms with Crippen molar-refractivity contribution in [3.05, 3.63) is 63.1 Å². The Morgan fingerprint density at radius 2 is 1.79 bits per heavy atom. The predicted molar refractivity (Wildman–Crippen MR) is 84.3 cm³/mol. The van der Waals surface area contributed by atoms with Gasteiger partial charge in [-0.05, 0) is 37.6 Å². The van der Waals surface area contributed by atoms with Crippen LogP contribution in [0.15, 0.2) is 45.8 Å². The lowest BCUT2D eigenvalue weighted by molar-refractivity contribution is 1.29. The maximum absolute atomic E-state index is 9.12. The predicted octanol–water partition coefficient (Wildman–Crippen LogP) is 5.23. The molecular weight excluding hydrogens is 318 g/mol. The molecule has 0 heterocycles. The van der Waals surface area contributed by atoms with Crippen molar-refractivity contribution in [3.63, 3.8) is 0 Å². The van der Waals surface area contributed by atoms with E-state index in [1.54, 1.807) is 11.8 Å². The number of thioether (sulfide) groups is 1. The molecule has 2 rings (SSSR count). The molecule has 0 bridgehead atoms. The second-order valence-corrected chi connectivity index (χ2v) is 6.47. The normalized spacial score (nSPS) is 10.2. The Balaban J connectivity index is 2.19. The zero-order chi connectivity index (χ0) is 13.8. The summed E-state index contributed by atoms with van der Waals surface area (Å²) in [6, 6.07) is 14.6. The quantitative estimate of drug-likeness (QED) is 0.719. The molecule has 0 fully saturated rings. The largest absolute Gasteiger partial charge is 0.192 e. The van der Waals surface area contributed by atoms with Gasteiger partial charge in [0.05, 0.1) is 5.56 Å². The summed E-state index contributed by atoms with van der Waals surface area (Å²) < 4.78 is 1.01. The first-order valence-electron chi connectivity index (χ1n) is 5.98. The van der Waals surface area contributed by atoms with Crippen LogP contribution in [0.25, 0.3) is 0 Å². The van der Waals surface area contributed by atoms with Gasteiger partial charge in [0.1, 0.15) is 6.07 Å². The maximum atomic E-state index is 9.12. The summed E-state index contributed by atoms with van der Waals surface area (Å²) in [5.74, 6) is 0.883. The molecule has 1 nitrogen and oxygen atoms in total. The highest BCUT2D eigenvalue weighted by Gasteiger charge is 2.05. The molecule has 3 heteroatoms. The third kappa shape index (κ3) is 3.86. The molecule has 0 aliphatic carbocycles. The van der Waals surface area contributed by atoms with Crippen molar-refractivity contribution < 1.29 is 0 Å². The number of rotatable bonds is 3. The van der Waals surface area contributed by atoms with Gasteiger partial charge < -0.3 is 0 Å². The Morgan fingerprint density at radius 1 is 1.11 bits per heavy atom. The highest BCUT2D eigenvalue weighted by atomic mass is 79.9. The number of benzene rings is 2. The Morgan fingerprint density at radius 3 is 2.42 bits per heavy atom. The molecule has 96 valence electrons. The number of halogens is 1. The Bertz CT molecular complexity index is 623. The molecular formula is C16H14BrNS. The van der Waals surface area contributed by atoms with Gasteiger partial charge in [-0.15, -0.1) is 11.8 Å². The molecule has 2 aromatic rings. The molecule has 0 radical (unpaired) electrons. The highest BCUT2D eigenvalue weighted by Crippen LogP contribution is 2.29. The van der Waals surface area contributed by atoms with Gasteiger partial charge in [-0.3, -0.25) is 0 Å². The van der Waals surface area contributed by atoms with Crippen molar-refractivity contribution in [1.82, 2.24) is 0 Å². The van der Waals surface area contributed by atoms with E-state index in [1.807, 2.05) is 18.2 Å². The van der Waals surface area contributed by atoms with Gasteiger partial charge in [-0.2, -0.15) is 5.26 Å². The highest BCUT2D eigenvalue weighted by molar-refractivity contribution is 9.10. The lowest BCUT2D eigenvalue weighted by atomic mass is 10.1. The van der Waals surface area contributed by atoms with E-state index >= 15 is 0 Å². The van der Waals surface area contributed by atoms with Gasteiger partial charge >= 0.3 is 0 Å². The first kappa shape index (κ1) is 14.2. The maximum Gasteiger partial charge on any atom is 0.100 e. The Kier molecular flexibility index (Phi) is 4.68. The van der Waals surface area contributed by atoms with E-state index in [2.05, 4.69) is 54.0 Å². The van der Waals surface area contributed by atoms with Gasteiger partial charge in [0, 0.05) is 15.1 Å². The third-order valence-electron chi connectivity index (χ3n) is 2.74. The first-order chi connectivity index (χ1) is 9.08. The van der Waals surface area contributed by atoms with E-state index in [9.17, 15) is 0 Å². The van der Waals surface area contributed by atoms with E-state index < -0.39 is 0 Å². The Labute approximate surface area is 126 Å². The minimum absolute atomic E-state index is 0.734. The lowest BCUT2D eigenvalue weighted by Crippen LogP contribution is -1.87. The average molecular weight is 332 g/mol. The van der Waals surface area contributed by atoms with Gasteiger partial charge in [-0.25, -0.2) is 0 Å². The minimum Gasteiger partial charge on any atom is -0.192 e. The van der Waals surface area contributed by atoms with Crippen LogP contribution >= 0.6 is 27.7 Å². The van der Waals surface area contributed by atoms with Crippen molar-refractivity contribution in [3.8, 4) is 6.07 Å². The topological polar surface area (TPSA) is 23.8 Å². The summed E-state index contributed by atoms with van der Waals surface area (Å²) in [7, 11) is 0. The van der Waals surface area contributed by atoms with Gasteiger partial charge in [0.2, 0.25) is 0 Å². The van der Waals surface area contributed by atoms with E-state index in [1.165, 1.54) is 16.7 Å². The van der Waals surface area contributed by atoms with Crippen LogP contribution in [-0.4, -0.2) is 0 Å². The average Bonchev–Trinajstić information content (AvgIpc) is 2.35. The number of hydrogen-bond donors (Lipinski definition) is 0. The van der Waals surface area contributed by atoms with Crippen LogP contribution in [0.3, 0.4) is 0 Å². The Hall–Kier alpha value is -1.24. The standard InChI is InChI=1S/C16H14BrNS/c1-11-5-12(2)7-13(6-11)10-19-16-8-15(17)4-3-14(16)9-18/h3-8H,10H2,1-2H3. The summed E-state index contributed by atoms with van der Waals surface area (Å²) in [5.41, 5.74) is 4.60. The second kappa shape index (κ2) is 6.27. The van der Waals surface area contributed by atoms with Crippen LogP contribution in [0.5, 0.6) is 0 Å². The molecule has 0 aromatic heterocycles. The van der Waals surface area contributed by atoms with Gasteiger partial charge in [-0.1, -0.05) is 45.3 Å². The fraction of sp³-hybridized carbons (Fsp3) is 0.188. The molecule has 0 aliphatic heterocycles. The summed E-state index contributed by atoms with van der Waals surface area (Å²) in [4.78, 5) is 1.02. The summed E-state index contributed by atoms with van der Waals surface area (Å²) in [5, 5.41) is 9.12. The molecule has 0 spiro atoms. The van der Waals surface area contributed by atoms with Crippen LogP contribution < -0.4 is 0 Å². The molecule has 0 aliphatic rings. The van der Waals surface area contributed by atoms with Gasteiger partial charge in [0.15, 0.2) is 0 Å². The van der Waals surface area contributed by atoms with Crippen LogP contribution in [0, 0.1) is 25.2 Å². The third-order valence-corrected chi connectivity index (χ3v) is 4.36. The molecule has 0 unspecified atom stereocenters. The fourth-order valence-corrected chi connectivity index (χ4v) is 3.50. The van der Waals surface area contributed by atoms with E-state index in [0.717, 1.165) is 20.7 Å². The van der Waals surface area contributed by atoms with Crippen molar-refractivity contribution in [2.24, 2.45) is 0 Å². The second-order valence-electron chi connectivity index (χ2n) is 4.54. The zero-order valence-electron chi connectivity index (χ0n) is 10.9. The number of aryl methyl sites for hydroxylation is 2. The van der Waals surface area contributed by atoms with Crippen LogP contribution in [0.1, 0.15) is 22.3 Å². The van der Waals surface area contributed by atoms with E-state index in [4.69, 9.17) is 5.26 Å². The lowest BCUT2D eigenvalue weighted by Gasteiger charge is -2.07. The van der Waals surface area contributed by atoms with Gasteiger partial charge in [0.25, 0.3) is 0 Å². The molecule has 0 saturated carbocycles. The minimum atomic E-state index is 0.734. The fourth-order valence-electron chi connectivity index (χ4n) is 2.02. The molecule has 2 aromatic carbocycles. The molecule has 19 heavy (non-hydrogen) atoms. The van der Waals surface area contributed by atoms with E-state index in [-0.39, 0.29) is 0 Å². The summed E-state index contributed by atoms with van der Waals surface area (Å²) in [6.07, 6.45) is 0. The van der Waals surface area contributed by atoms with Crippen molar-refractivity contribution >= 4 is 27.7 Å². The number of nitrogens with zero attached hydrogens (tertiary/aromatic N) is 1. The van der Waals surface area contributed by atoms with Crippen LogP contribution in [-0.2, 0) is 5.75 Å². The van der Waals surface area contributed by atoms with Crippen LogP contribution in [0.2, 0.25) is 0 Å². The van der Waals surface area contributed by atoms with Crippen molar-refractivity contribution in [2.75, 3.05) is 0 Å². The van der Waals surface area contributed by atoms with Crippen molar-refractivity contribution in [2.45, 2.75) is 24.5 Å². The first-order valence-corrected chi connectivity index (χ1v) is 7.76.